The maximum atomic E-state index is 11.9. The zero-order valence-electron chi connectivity index (χ0n) is 10.7. The van der Waals surface area contributed by atoms with Gasteiger partial charge in [0, 0.05) is 17.9 Å². The molecule has 0 bridgehead atoms. The lowest BCUT2D eigenvalue weighted by Crippen LogP contribution is -2.10. The van der Waals surface area contributed by atoms with E-state index in [1.807, 2.05) is 13.8 Å². The molecule has 2 rings (SSSR count). The van der Waals surface area contributed by atoms with Crippen LogP contribution >= 0.6 is 11.3 Å². The molecule has 100 valence electrons. The molecule has 6 nitrogen and oxygen atoms in total. The maximum absolute atomic E-state index is 11.9. The number of amides is 2. The second-order valence-corrected chi connectivity index (χ2v) is 5.16. The van der Waals surface area contributed by atoms with Crippen molar-refractivity contribution in [2.45, 2.75) is 20.8 Å². The predicted molar refractivity (Wildman–Crippen MR) is 72.6 cm³/mol. The van der Waals surface area contributed by atoms with Gasteiger partial charge in [-0.1, -0.05) is 0 Å². The Hall–Kier alpha value is -2.15. The maximum Gasteiger partial charge on any atom is 0.293 e. The zero-order chi connectivity index (χ0) is 14.0. The van der Waals surface area contributed by atoms with Crippen molar-refractivity contribution in [1.29, 1.82) is 0 Å². The Bertz CT molecular complexity index is 610. The summed E-state index contributed by atoms with van der Waals surface area (Å²) in [5, 5.41) is 5.63. The van der Waals surface area contributed by atoms with Crippen molar-refractivity contribution in [3.8, 4) is 0 Å². The quantitative estimate of drug-likeness (QED) is 0.904. The fraction of sp³-hybridized carbons (Fsp3) is 0.250. The van der Waals surface area contributed by atoms with Gasteiger partial charge < -0.3 is 4.42 Å². The lowest BCUT2D eigenvalue weighted by molar-refractivity contribution is -0.114. The van der Waals surface area contributed by atoms with E-state index in [9.17, 15) is 9.59 Å². The average molecular weight is 279 g/mol. The van der Waals surface area contributed by atoms with Crippen LogP contribution in [0, 0.1) is 13.8 Å². The first-order chi connectivity index (χ1) is 8.95. The van der Waals surface area contributed by atoms with E-state index in [1.54, 1.807) is 0 Å². The third-order valence-electron chi connectivity index (χ3n) is 2.38. The van der Waals surface area contributed by atoms with Gasteiger partial charge in [0.1, 0.15) is 0 Å². The number of anilines is 2. The minimum atomic E-state index is -0.398. The molecule has 2 heterocycles. The normalized spacial score (nSPS) is 10.3. The summed E-state index contributed by atoms with van der Waals surface area (Å²) in [6.45, 7) is 5.18. The SMILES string of the molecule is CC(=O)Nc1ccc(C(=O)Nc2nc(C)c(C)s2)o1. The molecule has 0 saturated heterocycles. The van der Waals surface area contributed by atoms with Crippen LogP contribution in [0.15, 0.2) is 16.5 Å². The first-order valence-corrected chi connectivity index (χ1v) is 6.40. The van der Waals surface area contributed by atoms with Gasteiger partial charge in [-0.2, -0.15) is 0 Å². The van der Waals surface area contributed by atoms with Gasteiger partial charge in [0.2, 0.25) is 5.91 Å². The highest BCUT2D eigenvalue weighted by molar-refractivity contribution is 7.15. The number of thiazole rings is 1. The lowest BCUT2D eigenvalue weighted by Gasteiger charge is -1.98. The van der Waals surface area contributed by atoms with Crippen LogP contribution in [0.1, 0.15) is 28.0 Å². The van der Waals surface area contributed by atoms with Gasteiger partial charge in [0.15, 0.2) is 16.8 Å². The highest BCUT2D eigenvalue weighted by Gasteiger charge is 2.14. The second kappa shape index (κ2) is 5.23. The molecule has 0 spiro atoms. The van der Waals surface area contributed by atoms with Crippen LogP contribution in [0.5, 0.6) is 0 Å². The lowest BCUT2D eigenvalue weighted by atomic mass is 10.4. The van der Waals surface area contributed by atoms with E-state index in [2.05, 4.69) is 15.6 Å². The fourth-order valence-corrected chi connectivity index (χ4v) is 2.20. The van der Waals surface area contributed by atoms with Crippen LogP contribution in [-0.2, 0) is 4.79 Å². The number of nitrogens with zero attached hydrogens (tertiary/aromatic N) is 1. The molecule has 0 fully saturated rings. The van der Waals surface area contributed by atoms with Crippen molar-refractivity contribution in [3.63, 3.8) is 0 Å². The van der Waals surface area contributed by atoms with Crippen molar-refractivity contribution in [3.05, 3.63) is 28.5 Å². The Kier molecular flexibility index (Phi) is 3.66. The molecule has 2 amide bonds. The van der Waals surface area contributed by atoms with E-state index in [-0.39, 0.29) is 17.6 Å². The van der Waals surface area contributed by atoms with E-state index >= 15 is 0 Å². The first-order valence-electron chi connectivity index (χ1n) is 5.58. The zero-order valence-corrected chi connectivity index (χ0v) is 11.6. The van der Waals surface area contributed by atoms with E-state index in [0.29, 0.717) is 5.13 Å². The van der Waals surface area contributed by atoms with Gasteiger partial charge in [-0.25, -0.2) is 4.98 Å². The van der Waals surface area contributed by atoms with Crippen LogP contribution in [0.2, 0.25) is 0 Å². The molecule has 0 aliphatic heterocycles. The summed E-state index contributed by atoms with van der Waals surface area (Å²) in [5.74, 6) is -0.295. The Morgan fingerprint density at radius 3 is 2.58 bits per heavy atom. The number of nitrogens with one attached hydrogen (secondary N) is 2. The second-order valence-electron chi connectivity index (χ2n) is 3.96. The highest BCUT2D eigenvalue weighted by Crippen LogP contribution is 2.22. The summed E-state index contributed by atoms with van der Waals surface area (Å²) in [6.07, 6.45) is 0. The molecule has 0 atom stereocenters. The van der Waals surface area contributed by atoms with E-state index in [1.165, 1.54) is 30.4 Å². The number of hydrogen-bond donors (Lipinski definition) is 2. The number of carbonyl (C=O) groups excluding carboxylic acids is 2. The predicted octanol–water partition coefficient (Wildman–Crippen LogP) is 2.56. The third kappa shape index (κ3) is 3.19. The fourth-order valence-electron chi connectivity index (χ4n) is 1.39. The minimum absolute atomic E-state index is 0.120. The largest absolute Gasteiger partial charge is 0.435 e. The standard InChI is InChI=1S/C12H13N3O3S/c1-6-7(2)19-12(13-6)15-11(17)9-4-5-10(18-9)14-8(3)16/h4-5H,1-3H3,(H,14,16)(H,13,15,17). The number of furan rings is 1. The summed E-state index contributed by atoms with van der Waals surface area (Å²) in [7, 11) is 0. The van der Waals surface area contributed by atoms with Gasteiger partial charge in [-0.3, -0.25) is 20.2 Å². The van der Waals surface area contributed by atoms with Crippen molar-refractivity contribution < 1.29 is 14.0 Å². The van der Waals surface area contributed by atoms with Crippen LogP contribution in [0.3, 0.4) is 0 Å². The topological polar surface area (TPSA) is 84.2 Å². The van der Waals surface area contributed by atoms with Gasteiger partial charge in [0.25, 0.3) is 5.91 Å². The summed E-state index contributed by atoms with van der Waals surface area (Å²) >= 11 is 1.40. The van der Waals surface area contributed by atoms with Crippen molar-refractivity contribution >= 4 is 34.2 Å². The number of rotatable bonds is 3. The molecule has 0 aliphatic carbocycles. The summed E-state index contributed by atoms with van der Waals surface area (Å²) in [4.78, 5) is 28.0. The summed E-state index contributed by atoms with van der Waals surface area (Å²) in [5.41, 5.74) is 0.888. The molecule has 7 heteroatoms. The summed E-state index contributed by atoms with van der Waals surface area (Å²) < 4.78 is 5.20. The smallest absolute Gasteiger partial charge is 0.293 e. The third-order valence-corrected chi connectivity index (χ3v) is 3.37. The van der Waals surface area contributed by atoms with E-state index in [0.717, 1.165) is 10.6 Å². The van der Waals surface area contributed by atoms with Gasteiger partial charge in [-0.05, 0) is 19.9 Å². The molecule has 0 saturated carbocycles. The number of aromatic nitrogens is 1. The number of carbonyl (C=O) groups is 2. The Balaban J connectivity index is 2.07. The number of hydrogen-bond acceptors (Lipinski definition) is 5. The first kappa shape index (κ1) is 13.3. The molecule has 0 radical (unpaired) electrons. The van der Waals surface area contributed by atoms with Crippen LogP contribution in [-0.4, -0.2) is 16.8 Å². The number of aryl methyl sites for hydroxylation is 2. The molecular formula is C12H13N3O3S. The van der Waals surface area contributed by atoms with E-state index in [4.69, 9.17) is 4.42 Å². The van der Waals surface area contributed by atoms with Gasteiger partial charge >= 0.3 is 0 Å². The van der Waals surface area contributed by atoms with Gasteiger partial charge in [-0.15, -0.1) is 11.3 Å². The molecular weight excluding hydrogens is 266 g/mol. The Labute approximate surface area is 113 Å². The molecule has 0 unspecified atom stereocenters. The molecule has 2 aromatic rings. The Morgan fingerprint density at radius 2 is 2.00 bits per heavy atom. The van der Waals surface area contributed by atoms with Crippen LogP contribution in [0.4, 0.5) is 11.0 Å². The van der Waals surface area contributed by atoms with Crippen molar-refractivity contribution in [2.24, 2.45) is 0 Å². The molecule has 0 aromatic carbocycles. The molecule has 2 N–H and O–H groups in total. The van der Waals surface area contributed by atoms with Crippen molar-refractivity contribution in [1.82, 2.24) is 4.98 Å². The van der Waals surface area contributed by atoms with Crippen molar-refractivity contribution in [2.75, 3.05) is 10.6 Å². The minimum Gasteiger partial charge on any atom is -0.435 e. The average Bonchev–Trinajstić information content (AvgIpc) is 2.86. The van der Waals surface area contributed by atoms with Crippen LogP contribution in [0.25, 0.3) is 0 Å². The van der Waals surface area contributed by atoms with Crippen LogP contribution < -0.4 is 10.6 Å². The highest BCUT2D eigenvalue weighted by atomic mass is 32.1. The summed E-state index contributed by atoms with van der Waals surface area (Å²) in [6, 6.07) is 3.02. The Morgan fingerprint density at radius 1 is 1.26 bits per heavy atom. The molecule has 0 aliphatic rings. The van der Waals surface area contributed by atoms with E-state index < -0.39 is 5.91 Å². The molecule has 2 aromatic heterocycles. The van der Waals surface area contributed by atoms with Gasteiger partial charge in [0.05, 0.1) is 5.69 Å². The molecule has 19 heavy (non-hydrogen) atoms. The monoisotopic (exact) mass is 279 g/mol.